The van der Waals surface area contributed by atoms with Crippen molar-refractivity contribution in [2.45, 2.75) is 88.1 Å². The summed E-state index contributed by atoms with van der Waals surface area (Å²) in [4.78, 5) is 2.13. The molecular weight excluding hydrogens is 450 g/mol. The van der Waals surface area contributed by atoms with E-state index in [1.807, 2.05) is 6.92 Å². The molecule has 0 radical (unpaired) electrons. The highest BCUT2D eigenvalue weighted by molar-refractivity contribution is 5.50. The molecule has 2 N–H and O–H groups in total. The largest absolute Gasteiger partial charge is 0.385 e. The first-order valence-electron chi connectivity index (χ1n) is 13.8. The molecule has 36 heavy (non-hydrogen) atoms. The molecule has 6 atom stereocenters. The van der Waals surface area contributed by atoms with E-state index < -0.39 is 17.0 Å². The fraction of sp³-hybridized carbons (Fsp3) is 0.677. The van der Waals surface area contributed by atoms with Gasteiger partial charge in [0.2, 0.25) is 0 Å². The van der Waals surface area contributed by atoms with E-state index >= 15 is 0 Å². The van der Waals surface area contributed by atoms with Crippen molar-refractivity contribution in [3.05, 3.63) is 41.0 Å². The zero-order valence-corrected chi connectivity index (χ0v) is 22.3. The lowest BCUT2D eigenvalue weighted by atomic mass is 9.49. The monoisotopic (exact) mass is 491 g/mol. The van der Waals surface area contributed by atoms with Crippen LogP contribution in [0.1, 0.15) is 76.7 Å². The number of hydrogen-bond acceptors (Lipinski definition) is 5. The van der Waals surface area contributed by atoms with Gasteiger partial charge in [-0.05, 0) is 80.6 Å². The minimum Gasteiger partial charge on any atom is -0.385 e. The maximum atomic E-state index is 12.1. The van der Waals surface area contributed by atoms with Gasteiger partial charge in [0, 0.05) is 44.0 Å². The average Bonchev–Trinajstić information content (AvgIpc) is 3.40. The Morgan fingerprint density at radius 2 is 1.72 bits per heavy atom. The van der Waals surface area contributed by atoms with Gasteiger partial charge < -0.3 is 24.6 Å². The van der Waals surface area contributed by atoms with Crippen molar-refractivity contribution in [3.63, 3.8) is 0 Å². The number of nitrogens with zero attached hydrogens (tertiary/aromatic N) is 1. The van der Waals surface area contributed by atoms with Crippen LogP contribution < -0.4 is 4.90 Å². The van der Waals surface area contributed by atoms with Crippen molar-refractivity contribution in [2.75, 3.05) is 32.2 Å². The maximum absolute atomic E-state index is 12.1. The molecule has 5 aliphatic rings. The third kappa shape index (κ3) is 3.45. The summed E-state index contributed by atoms with van der Waals surface area (Å²) in [6.07, 6.45) is 6.41. The summed E-state index contributed by atoms with van der Waals surface area (Å²) in [6.45, 7) is 5.36. The lowest BCUT2D eigenvalue weighted by molar-refractivity contribution is -0.208. The smallest absolute Gasteiger partial charge is 0.171 e. The van der Waals surface area contributed by atoms with E-state index in [1.165, 1.54) is 22.4 Å². The summed E-state index contributed by atoms with van der Waals surface area (Å²) in [5, 5.41) is 24.0. The van der Waals surface area contributed by atoms with Gasteiger partial charge in [0.05, 0.1) is 18.8 Å². The Balaban J connectivity index is 1.48. The molecule has 1 aromatic carbocycles. The zero-order chi connectivity index (χ0) is 25.3. The van der Waals surface area contributed by atoms with E-state index in [9.17, 15) is 10.2 Å². The van der Waals surface area contributed by atoms with Gasteiger partial charge in [-0.3, -0.25) is 0 Å². The van der Waals surface area contributed by atoms with E-state index in [1.54, 1.807) is 0 Å². The Morgan fingerprint density at radius 3 is 2.39 bits per heavy atom. The van der Waals surface area contributed by atoms with E-state index in [2.05, 4.69) is 62.0 Å². The van der Waals surface area contributed by atoms with Crippen LogP contribution in [0, 0.1) is 29.1 Å². The van der Waals surface area contributed by atoms with E-state index in [0.29, 0.717) is 31.5 Å². The molecule has 5 heteroatoms. The second kappa shape index (κ2) is 8.33. The minimum absolute atomic E-state index is 0.164. The van der Waals surface area contributed by atoms with Gasteiger partial charge in [0.1, 0.15) is 5.60 Å². The summed E-state index contributed by atoms with van der Waals surface area (Å²) >= 11 is 0. The fourth-order valence-electron chi connectivity index (χ4n) is 8.73. The molecule has 194 valence electrons. The summed E-state index contributed by atoms with van der Waals surface area (Å²) < 4.78 is 12.1. The first-order chi connectivity index (χ1) is 17.1. The molecule has 1 heterocycles. The molecule has 1 aromatic rings. The highest BCUT2D eigenvalue weighted by Gasteiger charge is 2.64. The molecule has 3 saturated carbocycles. The van der Waals surface area contributed by atoms with E-state index in [4.69, 9.17) is 9.47 Å². The predicted molar refractivity (Wildman–Crippen MR) is 141 cm³/mol. The first kappa shape index (κ1) is 24.5. The molecule has 4 aliphatic carbocycles. The van der Waals surface area contributed by atoms with Crippen molar-refractivity contribution < 1.29 is 19.7 Å². The van der Waals surface area contributed by atoms with Gasteiger partial charge in [-0.15, -0.1) is 5.92 Å². The van der Waals surface area contributed by atoms with Crippen LogP contribution in [-0.4, -0.2) is 54.5 Å². The SMILES string of the molecule is CC#C[C@@]1(O)CC[C@H]2[C@@H]3CC[C@@]4(O)CC5(CCC4=C3[C@H](c3ccc(N(C)C)cc3)C[C@@]21C)OCCO5. The first-order valence-corrected chi connectivity index (χ1v) is 13.8. The van der Waals surface area contributed by atoms with Gasteiger partial charge in [0.25, 0.3) is 0 Å². The molecule has 1 spiro atoms. The zero-order valence-electron chi connectivity index (χ0n) is 22.3. The molecule has 0 amide bonds. The number of benzene rings is 1. The molecule has 0 aromatic heterocycles. The molecule has 1 aliphatic heterocycles. The lowest BCUT2D eigenvalue weighted by Gasteiger charge is -2.57. The maximum Gasteiger partial charge on any atom is 0.171 e. The normalized spacial score (nSPS) is 40.8. The number of aliphatic hydroxyl groups is 2. The van der Waals surface area contributed by atoms with Crippen molar-refractivity contribution in [3.8, 4) is 11.8 Å². The van der Waals surface area contributed by atoms with Crippen LogP contribution in [0.25, 0.3) is 0 Å². The number of ether oxygens (including phenoxy) is 2. The van der Waals surface area contributed by atoms with Crippen LogP contribution in [0.15, 0.2) is 35.4 Å². The van der Waals surface area contributed by atoms with Crippen LogP contribution in [0.2, 0.25) is 0 Å². The second-order valence-electron chi connectivity index (χ2n) is 12.4. The highest BCUT2D eigenvalue weighted by Crippen LogP contribution is 2.67. The number of anilines is 1. The molecule has 5 nitrogen and oxygen atoms in total. The number of hydrogen-bond donors (Lipinski definition) is 2. The molecular formula is C31H41NO4. The minimum atomic E-state index is -0.958. The Bertz CT molecular complexity index is 1120. The number of rotatable bonds is 2. The fourth-order valence-corrected chi connectivity index (χ4v) is 8.73. The third-order valence-electron chi connectivity index (χ3n) is 10.5. The van der Waals surface area contributed by atoms with Gasteiger partial charge in [-0.2, -0.15) is 0 Å². The van der Waals surface area contributed by atoms with Crippen LogP contribution >= 0.6 is 0 Å². The summed E-state index contributed by atoms with van der Waals surface area (Å²) in [5.74, 6) is 6.58. The Labute approximate surface area is 215 Å². The van der Waals surface area contributed by atoms with E-state index in [0.717, 1.165) is 44.9 Å². The van der Waals surface area contributed by atoms with Gasteiger partial charge in [-0.1, -0.05) is 30.6 Å². The molecule has 0 unspecified atom stereocenters. The highest BCUT2D eigenvalue weighted by atomic mass is 16.7. The van der Waals surface area contributed by atoms with Gasteiger partial charge in [0.15, 0.2) is 5.79 Å². The number of allylic oxidation sites excluding steroid dienone is 1. The van der Waals surface area contributed by atoms with Crippen LogP contribution in [-0.2, 0) is 9.47 Å². The van der Waals surface area contributed by atoms with Crippen molar-refractivity contribution >= 4 is 5.69 Å². The van der Waals surface area contributed by atoms with Crippen LogP contribution in [0.3, 0.4) is 0 Å². The Hall–Kier alpha value is -1.84. The summed E-state index contributed by atoms with van der Waals surface area (Å²) in [5.41, 5.74) is 3.04. The number of fused-ring (bicyclic) bond motifs is 4. The van der Waals surface area contributed by atoms with Crippen molar-refractivity contribution in [2.24, 2.45) is 17.3 Å². The van der Waals surface area contributed by atoms with E-state index in [-0.39, 0.29) is 11.3 Å². The standard InChI is InChI=1S/C31H41NO4/c1-5-13-30(34)15-11-25-23-10-14-29(33)20-31(35-17-18-36-31)16-12-26(29)27(23)24(19-28(25,30)2)21-6-8-22(9-7-21)32(3)4/h6-9,23-25,33-34H,10-12,14-20H2,1-4H3/t23-,24-,25-,28-,29+,30+/m0/s1. The van der Waals surface area contributed by atoms with Crippen LogP contribution in [0.5, 0.6) is 0 Å². The Kier molecular flexibility index (Phi) is 5.67. The van der Waals surface area contributed by atoms with Crippen molar-refractivity contribution in [1.82, 2.24) is 0 Å². The van der Waals surface area contributed by atoms with Gasteiger partial charge >= 0.3 is 0 Å². The summed E-state index contributed by atoms with van der Waals surface area (Å²) in [6, 6.07) is 8.91. The third-order valence-corrected chi connectivity index (χ3v) is 10.5. The average molecular weight is 492 g/mol. The van der Waals surface area contributed by atoms with Crippen molar-refractivity contribution in [1.29, 1.82) is 0 Å². The van der Waals surface area contributed by atoms with Crippen LogP contribution in [0.4, 0.5) is 5.69 Å². The van der Waals surface area contributed by atoms with Gasteiger partial charge in [-0.25, -0.2) is 0 Å². The second-order valence-corrected chi connectivity index (χ2v) is 12.4. The Morgan fingerprint density at radius 1 is 1.00 bits per heavy atom. The molecule has 0 bridgehead atoms. The molecule has 6 rings (SSSR count). The predicted octanol–water partition coefficient (Wildman–Crippen LogP) is 4.78. The summed E-state index contributed by atoms with van der Waals surface area (Å²) in [7, 11) is 4.13. The quantitative estimate of drug-likeness (QED) is 0.461. The molecule has 1 saturated heterocycles. The topological polar surface area (TPSA) is 62.2 Å². The lowest BCUT2D eigenvalue weighted by Crippen LogP contribution is -2.55. The molecule has 4 fully saturated rings.